The van der Waals surface area contributed by atoms with Crippen LogP contribution in [0.2, 0.25) is 0 Å². The topological polar surface area (TPSA) is 21.1 Å². The summed E-state index contributed by atoms with van der Waals surface area (Å²) in [6.45, 7) is 0. The summed E-state index contributed by atoms with van der Waals surface area (Å²) < 4.78 is 5.21. The summed E-state index contributed by atoms with van der Waals surface area (Å²) in [5, 5.41) is 19.5. The molecule has 0 aliphatic carbocycles. The van der Waals surface area contributed by atoms with Gasteiger partial charge in [-0.05, 0) is 120 Å². The van der Waals surface area contributed by atoms with Crippen LogP contribution in [0, 0.1) is 0 Å². The zero-order valence-corrected chi connectivity index (χ0v) is 40.7. The molecule has 3 aromatic heterocycles. The molecule has 0 spiro atoms. The normalized spacial score (nSPS) is 13.4. The van der Waals surface area contributed by atoms with Gasteiger partial charge in [-0.1, -0.05) is 182 Å². The molecule has 1 aliphatic heterocycles. The summed E-state index contributed by atoms with van der Waals surface area (Å²) in [4.78, 5) is 7.78. The summed E-state index contributed by atoms with van der Waals surface area (Å²) in [5.74, 6) is 0.910. The van der Waals surface area contributed by atoms with Crippen LogP contribution in [0.5, 0.6) is 0 Å². The van der Waals surface area contributed by atoms with Crippen molar-refractivity contribution in [3.63, 3.8) is 0 Å². The lowest BCUT2D eigenvalue weighted by atomic mass is 9.91. The summed E-state index contributed by atoms with van der Waals surface area (Å²) in [6, 6.07) is 93.2. The predicted octanol–water partition coefficient (Wildman–Crippen LogP) is 15.4. The number of hydrogen-bond donors (Lipinski definition) is 0. The Kier molecular flexibility index (Phi) is 8.35. The molecule has 0 amide bonds. The lowest BCUT2D eigenvalue weighted by Gasteiger charge is -2.44. The number of hydrogen-bond acceptors (Lipinski definition) is 3. The van der Waals surface area contributed by atoms with E-state index in [0.717, 1.165) is 16.7 Å². The summed E-state index contributed by atoms with van der Waals surface area (Å²) in [7, 11) is -2.97. The van der Waals surface area contributed by atoms with Crippen molar-refractivity contribution in [2.75, 3.05) is 4.90 Å². The molecule has 0 N–H and O–H groups in total. The summed E-state index contributed by atoms with van der Waals surface area (Å²) >= 11 is 1.92. The average Bonchev–Trinajstić information content (AvgIpc) is 3.99. The van der Waals surface area contributed by atoms with E-state index >= 15 is 0 Å². The first-order valence-electron chi connectivity index (χ1n) is 24.8. The Labute approximate surface area is 420 Å². The van der Waals surface area contributed by atoms with Crippen molar-refractivity contribution in [2.24, 2.45) is 0 Å². The van der Waals surface area contributed by atoms with E-state index in [1.807, 2.05) is 11.3 Å². The first-order valence-corrected chi connectivity index (χ1v) is 27.6. The first kappa shape index (κ1) is 39.9. The Morgan fingerprint density at radius 2 is 1.00 bits per heavy atom. The van der Waals surface area contributed by atoms with Gasteiger partial charge in [0.1, 0.15) is 5.82 Å². The number of para-hydroxylation sites is 3. The van der Waals surface area contributed by atoms with Gasteiger partial charge in [-0.3, -0.25) is 4.90 Å². The van der Waals surface area contributed by atoms with E-state index in [2.05, 4.69) is 258 Å². The molecule has 15 aromatic rings. The number of benzene rings is 12. The van der Waals surface area contributed by atoms with Crippen LogP contribution in [0.15, 0.2) is 249 Å². The third-order valence-electron chi connectivity index (χ3n) is 15.7. The molecule has 12 aromatic carbocycles. The van der Waals surface area contributed by atoms with Crippen LogP contribution in [0.25, 0.3) is 102 Å². The van der Waals surface area contributed by atoms with Gasteiger partial charge in [0, 0.05) is 58.5 Å². The molecule has 72 heavy (non-hydrogen) atoms. The highest BCUT2D eigenvalue weighted by Crippen LogP contribution is 2.48. The minimum Gasteiger partial charge on any atom is -0.309 e. The highest BCUT2D eigenvalue weighted by Gasteiger charge is 2.49. The van der Waals surface area contributed by atoms with Crippen LogP contribution in [0.1, 0.15) is 0 Å². The van der Waals surface area contributed by atoms with Crippen LogP contribution in [-0.4, -0.2) is 17.6 Å². The van der Waals surface area contributed by atoms with Crippen molar-refractivity contribution in [3.8, 4) is 16.8 Å². The Hall–Kier alpha value is -8.87. The van der Waals surface area contributed by atoms with Crippen molar-refractivity contribution in [1.29, 1.82) is 0 Å². The molecule has 0 bridgehead atoms. The van der Waals surface area contributed by atoms with Crippen molar-refractivity contribution in [3.05, 3.63) is 249 Å². The Morgan fingerprint density at radius 1 is 0.361 bits per heavy atom. The second kappa shape index (κ2) is 15.1. The maximum Gasteiger partial charge on any atom is 0.184 e. The second-order valence-electron chi connectivity index (χ2n) is 19.4. The van der Waals surface area contributed by atoms with E-state index in [4.69, 9.17) is 4.98 Å². The van der Waals surface area contributed by atoms with Gasteiger partial charge < -0.3 is 4.57 Å². The molecule has 334 valence electrons. The number of nitrogens with zero attached hydrogens (tertiary/aromatic N) is 3. The van der Waals surface area contributed by atoms with Crippen molar-refractivity contribution in [1.82, 2.24) is 9.55 Å². The quantitative estimate of drug-likeness (QED) is 0.127. The third kappa shape index (κ3) is 5.46. The molecular weight excluding hydrogens is 907 g/mol. The Bertz CT molecular complexity index is 4670. The molecule has 16 rings (SSSR count). The molecule has 0 saturated heterocycles. The van der Waals surface area contributed by atoms with Gasteiger partial charge in [0.25, 0.3) is 0 Å². The largest absolute Gasteiger partial charge is 0.309 e. The van der Waals surface area contributed by atoms with Crippen molar-refractivity contribution >= 4 is 143 Å². The lowest BCUT2D eigenvalue weighted by Crippen LogP contribution is -2.77. The van der Waals surface area contributed by atoms with Crippen LogP contribution >= 0.6 is 11.3 Å². The number of rotatable bonds is 5. The number of anilines is 3. The van der Waals surface area contributed by atoms with Crippen molar-refractivity contribution in [2.45, 2.75) is 0 Å². The molecular formula is C67H41N3SSi. The van der Waals surface area contributed by atoms with Gasteiger partial charge in [0.15, 0.2) is 8.07 Å². The van der Waals surface area contributed by atoms with E-state index in [1.165, 1.54) is 123 Å². The summed E-state index contributed by atoms with van der Waals surface area (Å²) in [6.07, 6.45) is 0. The van der Waals surface area contributed by atoms with E-state index in [1.54, 1.807) is 0 Å². The Morgan fingerprint density at radius 3 is 1.88 bits per heavy atom. The van der Waals surface area contributed by atoms with Gasteiger partial charge in [-0.2, -0.15) is 0 Å². The zero-order chi connectivity index (χ0) is 47.1. The van der Waals surface area contributed by atoms with Crippen LogP contribution in [-0.2, 0) is 0 Å². The minimum absolute atomic E-state index is 0.910. The maximum atomic E-state index is 5.37. The van der Waals surface area contributed by atoms with Crippen LogP contribution in [0.3, 0.4) is 0 Å². The van der Waals surface area contributed by atoms with Crippen LogP contribution in [0.4, 0.5) is 17.2 Å². The molecule has 1 aliphatic rings. The van der Waals surface area contributed by atoms with E-state index in [0.29, 0.717) is 0 Å². The monoisotopic (exact) mass is 947 g/mol. The van der Waals surface area contributed by atoms with Crippen molar-refractivity contribution < 1.29 is 0 Å². The van der Waals surface area contributed by atoms with E-state index in [-0.39, 0.29) is 0 Å². The Balaban J connectivity index is 0.955. The fraction of sp³-hybridized carbons (Fsp3) is 0. The molecule has 5 heteroatoms. The van der Waals surface area contributed by atoms with Gasteiger partial charge in [0.2, 0.25) is 0 Å². The molecule has 0 fully saturated rings. The van der Waals surface area contributed by atoms with Gasteiger partial charge >= 0.3 is 0 Å². The standard InChI is InChI=1S/C67H41N3SSi/c1-3-18-47(19-4-1)72(48-20-5-2-6-21-48)62-29-14-12-27-58(62)70(64-37-34-42-16-7-10-25-55(42)68-64)59-36-33-45(40-63(59)72)44-32-35-57-52(38-44)49-22-8-11-26-56(49)69(57)60-41-54-66-46(31-30-43-17-15-24-51(60)65(43)66)39-53-50-23-9-13-28-61(50)71-67(53)54/h1-41H. The number of fused-ring (bicyclic) bond motifs is 10. The highest BCUT2D eigenvalue weighted by molar-refractivity contribution is 7.26. The number of thiophene rings is 1. The number of pyridine rings is 1. The average molecular weight is 948 g/mol. The first-order chi connectivity index (χ1) is 35.7. The van der Waals surface area contributed by atoms with E-state index in [9.17, 15) is 0 Å². The van der Waals surface area contributed by atoms with Gasteiger partial charge in [-0.15, -0.1) is 11.3 Å². The number of aromatic nitrogens is 2. The minimum atomic E-state index is -2.97. The molecule has 0 radical (unpaired) electrons. The third-order valence-corrected chi connectivity index (χ3v) is 21.8. The maximum absolute atomic E-state index is 5.37. The van der Waals surface area contributed by atoms with Crippen LogP contribution < -0.4 is 25.6 Å². The fourth-order valence-electron chi connectivity index (χ4n) is 12.7. The van der Waals surface area contributed by atoms with Gasteiger partial charge in [-0.25, -0.2) is 4.98 Å². The van der Waals surface area contributed by atoms with E-state index < -0.39 is 8.07 Å². The fourth-order valence-corrected chi connectivity index (χ4v) is 19.0. The molecule has 0 saturated carbocycles. The molecule has 4 heterocycles. The molecule has 0 atom stereocenters. The summed E-state index contributed by atoms with van der Waals surface area (Å²) in [5.41, 5.74) is 9.30. The van der Waals surface area contributed by atoms with Gasteiger partial charge in [0.05, 0.1) is 22.2 Å². The molecule has 0 unspecified atom stereocenters. The molecule has 3 nitrogen and oxygen atoms in total. The SMILES string of the molecule is c1ccc([Si]2(c3ccccc3)c3ccccc3N(c3ccc4ccccc4n3)c3ccc(-c4ccc5c(c4)c4ccccc4n5-c4cc5c6sc7ccccc7c6cc6ccc7cccc4c7c65)cc32)cc1. The smallest absolute Gasteiger partial charge is 0.184 e. The predicted molar refractivity (Wildman–Crippen MR) is 310 cm³/mol. The highest BCUT2D eigenvalue weighted by atomic mass is 32.1. The zero-order valence-electron chi connectivity index (χ0n) is 38.9. The lowest BCUT2D eigenvalue weighted by molar-refractivity contribution is 1.20. The second-order valence-corrected chi connectivity index (χ2v) is 24.2.